The van der Waals surface area contributed by atoms with Crippen LogP contribution in [0.3, 0.4) is 0 Å². The van der Waals surface area contributed by atoms with Gasteiger partial charge in [0.2, 0.25) is 0 Å². The van der Waals surface area contributed by atoms with Gasteiger partial charge in [0.15, 0.2) is 5.11 Å². The summed E-state index contributed by atoms with van der Waals surface area (Å²) in [6.45, 7) is 0.598. The summed E-state index contributed by atoms with van der Waals surface area (Å²) >= 11 is 5.79. The van der Waals surface area contributed by atoms with Crippen LogP contribution in [0.1, 0.15) is 39.4 Å². The Bertz CT molecular complexity index is 1310. The molecule has 2 atom stereocenters. The highest BCUT2D eigenvalue weighted by molar-refractivity contribution is 7.80. The van der Waals surface area contributed by atoms with Crippen molar-refractivity contribution in [3.8, 4) is 5.69 Å². The summed E-state index contributed by atoms with van der Waals surface area (Å²) in [5.74, 6) is -0.371. The van der Waals surface area contributed by atoms with Crippen LogP contribution in [0.25, 0.3) is 5.69 Å². The molecule has 1 saturated heterocycles. The molecule has 1 aliphatic heterocycles. The van der Waals surface area contributed by atoms with E-state index in [1.54, 1.807) is 18.5 Å². The number of benzene rings is 1. The highest BCUT2D eigenvalue weighted by Crippen LogP contribution is 2.40. The van der Waals surface area contributed by atoms with E-state index in [2.05, 4.69) is 30.8 Å². The number of pyridine rings is 2. The predicted octanol–water partition coefficient (Wildman–Crippen LogP) is 4.23. The lowest BCUT2D eigenvalue weighted by Crippen LogP contribution is -2.30. The van der Waals surface area contributed by atoms with E-state index in [4.69, 9.17) is 17.0 Å². The molecule has 34 heavy (non-hydrogen) atoms. The molecule has 1 aliphatic rings. The molecular formula is C26H23N5O2S. The lowest BCUT2D eigenvalue weighted by Gasteiger charge is -2.29. The molecule has 5 rings (SSSR count). The second-order valence-electron chi connectivity index (χ2n) is 7.96. The number of hydrogen-bond donors (Lipinski definition) is 1. The number of aromatic nitrogens is 3. The highest BCUT2D eigenvalue weighted by atomic mass is 32.1. The van der Waals surface area contributed by atoms with E-state index in [0.717, 1.165) is 22.6 Å². The maximum Gasteiger partial charge on any atom is 0.337 e. The molecule has 0 bridgehead atoms. The minimum Gasteiger partial charge on any atom is -0.465 e. The maximum atomic E-state index is 12.1. The molecule has 3 aromatic heterocycles. The van der Waals surface area contributed by atoms with Crippen molar-refractivity contribution in [3.63, 3.8) is 0 Å². The van der Waals surface area contributed by atoms with Crippen LogP contribution >= 0.6 is 12.2 Å². The van der Waals surface area contributed by atoms with Crippen LogP contribution in [-0.4, -0.2) is 37.6 Å². The number of hydrogen-bond acceptors (Lipinski definition) is 5. The third-order valence-corrected chi connectivity index (χ3v) is 6.25. The van der Waals surface area contributed by atoms with E-state index in [1.165, 1.54) is 7.11 Å². The standard InChI is InChI=1S/C26H23N5O2S/c1-33-25(32)19-8-4-9-20(15-19)30-14-6-11-22(30)24-23(21-10-2-3-13-28-21)29-26(34)31(24)17-18-7-5-12-27-16-18/h2-16,23-24H,17H2,1H3,(H,29,34). The molecule has 1 N–H and O–H groups in total. The first-order chi connectivity index (χ1) is 16.7. The predicted molar refractivity (Wildman–Crippen MR) is 132 cm³/mol. The van der Waals surface area contributed by atoms with Gasteiger partial charge in [-0.1, -0.05) is 18.2 Å². The first-order valence-electron chi connectivity index (χ1n) is 10.9. The smallest absolute Gasteiger partial charge is 0.337 e. The molecule has 0 saturated carbocycles. The van der Waals surface area contributed by atoms with Gasteiger partial charge in [-0.25, -0.2) is 4.79 Å². The van der Waals surface area contributed by atoms with Gasteiger partial charge >= 0.3 is 5.97 Å². The second kappa shape index (κ2) is 9.44. The van der Waals surface area contributed by atoms with Crippen molar-refractivity contribution in [2.75, 3.05) is 7.11 Å². The van der Waals surface area contributed by atoms with Crippen LogP contribution in [0, 0.1) is 0 Å². The third kappa shape index (κ3) is 4.15. The van der Waals surface area contributed by atoms with Gasteiger partial charge in [0.05, 0.1) is 30.5 Å². The Hall–Kier alpha value is -4.04. The first-order valence-corrected chi connectivity index (χ1v) is 11.3. The summed E-state index contributed by atoms with van der Waals surface area (Å²) in [6.07, 6.45) is 7.40. The number of thiocarbonyl (C=S) groups is 1. The van der Waals surface area contributed by atoms with Gasteiger partial charge in [-0.15, -0.1) is 0 Å². The second-order valence-corrected chi connectivity index (χ2v) is 8.35. The highest BCUT2D eigenvalue weighted by Gasteiger charge is 2.41. The Morgan fingerprint density at radius 1 is 1.09 bits per heavy atom. The molecule has 1 aromatic carbocycles. The van der Waals surface area contributed by atoms with Crippen molar-refractivity contribution in [1.29, 1.82) is 0 Å². The molecule has 2 unspecified atom stereocenters. The van der Waals surface area contributed by atoms with Gasteiger partial charge in [-0.3, -0.25) is 9.97 Å². The minimum absolute atomic E-state index is 0.139. The van der Waals surface area contributed by atoms with Crippen LogP contribution in [-0.2, 0) is 11.3 Å². The van der Waals surface area contributed by atoms with Crippen LogP contribution in [0.5, 0.6) is 0 Å². The van der Waals surface area contributed by atoms with Crippen molar-refractivity contribution >= 4 is 23.3 Å². The van der Waals surface area contributed by atoms with Crippen molar-refractivity contribution in [2.24, 2.45) is 0 Å². The summed E-state index contributed by atoms with van der Waals surface area (Å²) in [7, 11) is 1.38. The number of esters is 1. The average molecular weight is 470 g/mol. The fourth-order valence-electron chi connectivity index (χ4n) is 4.36. The maximum absolute atomic E-state index is 12.1. The largest absolute Gasteiger partial charge is 0.465 e. The number of nitrogens with zero attached hydrogens (tertiary/aromatic N) is 4. The molecule has 8 heteroatoms. The van der Waals surface area contributed by atoms with Gasteiger partial charge in [-0.2, -0.15) is 0 Å². The molecule has 0 radical (unpaired) electrons. The summed E-state index contributed by atoms with van der Waals surface area (Å²) in [5, 5.41) is 4.14. The van der Waals surface area contributed by atoms with E-state index in [0.29, 0.717) is 17.2 Å². The summed E-state index contributed by atoms with van der Waals surface area (Å²) in [4.78, 5) is 23.2. The van der Waals surface area contributed by atoms with E-state index in [-0.39, 0.29) is 18.1 Å². The van der Waals surface area contributed by atoms with Gasteiger partial charge < -0.3 is 19.5 Å². The molecular weight excluding hydrogens is 446 g/mol. The Morgan fingerprint density at radius 2 is 2.00 bits per heavy atom. The number of rotatable bonds is 6. The Labute approximate surface area is 203 Å². The quantitative estimate of drug-likeness (QED) is 0.335. The van der Waals surface area contributed by atoms with Crippen molar-refractivity contribution in [2.45, 2.75) is 18.6 Å². The van der Waals surface area contributed by atoms with Gasteiger partial charge in [-0.05, 0) is 66.3 Å². The number of methoxy groups -OCH3 is 1. The SMILES string of the molecule is COC(=O)c1cccc(-n2cccc2C2C(c3ccccn3)NC(=S)N2Cc2cccnc2)c1. The van der Waals surface area contributed by atoms with Gasteiger partial charge in [0, 0.05) is 42.7 Å². The van der Waals surface area contributed by atoms with Crippen LogP contribution in [0.15, 0.2) is 91.5 Å². The molecule has 0 amide bonds. The molecule has 1 fully saturated rings. The van der Waals surface area contributed by atoms with Gasteiger partial charge in [0.1, 0.15) is 0 Å². The topological polar surface area (TPSA) is 72.3 Å². The number of ether oxygens (including phenoxy) is 1. The third-order valence-electron chi connectivity index (χ3n) is 5.90. The minimum atomic E-state index is -0.371. The van der Waals surface area contributed by atoms with Crippen LogP contribution in [0.2, 0.25) is 0 Å². The monoisotopic (exact) mass is 469 g/mol. The van der Waals surface area contributed by atoms with Crippen LogP contribution in [0.4, 0.5) is 0 Å². The summed E-state index contributed by atoms with van der Waals surface area (Å²) < 4.78 is 7.00. The Kier molecular flexibility index (Phi) is 6.05. The van der Waals surface area contributed by atoms with Crippen molar-refractivity contribution in [1.82, 2.24) is 24.8 Å². The fraction of sp³-hybridized carbons (Fsp3) is 0.154. The fourth-order valence-corrected chi connectivity index (χ4v) is 4.66. The van der Waals surface area contributed by atoms with E-state index >= 15 is 0 Å². The molecule has 0 aliphatic carbocycles. The first kappa shape index (κ1) is 21.8. The Morgan fingerprint density at radius 3 is 2.76 bits per heavy atom. The summed E-state index contributed by atoms with van der Waals surface area (Å²) in [6, 6.07) is 21.0. The zero-order valence-electron chi connectivity index (χ0n) is 18.5. The Balaban J connectivity index is 1.59. The summed E-state index contributed by atoms with van der Waals surface area (Å²) in [5.41, 5.74) is 4.34. The molecule has 4 aromatic rings. The molecule has 170 valence electrons. The molecule has 4 heterocycles. The van der Waals surface area contributed by atoms with Crippen molar-refractivity contribution < 1.29 is 9.53 Å². The van der Waals surface area contributed by atoms with Crippen molar-refractivity contribution in [3.05, 3.63) is 114 Å². The number of carbonyl (C=O) groups is 1. The number of carbonyl (C=O) groups excluding carboxylic acids is 1. The lowest BCUT2D eigenvalue weighted by molar-refractivity contribution is 0.0600. The zero-order chi connectivity index (χ0) is 23.5. The van der Waals surface area contributed by atoms with E-state index in [9.17, 15) is 4.79 Å². The van der Waals surface area contributed by atoms with Gasteiger partial charge in [0.25, 0.3) is 0 Å². The lowest BCUT2D eigenvalue weighted by atomic mass is 10.0. The molecule has 7 nitrogen and oxygen atoms in total. The average Bonchev–Trinajstić information content (AvgIpc) is 3.49. The van der Waals surface area contributed by atoms with E-state index in [1.807, 2.05) is 67.0 Å². The number of nitrogens with one attached hydrogen (secondary N) is 1. The van der Waals surface area contributed by atoms with Crippen LogP contribution < -0.4 is 5.32 Å². The molecule has 0 spiro atoms. The zero-order valence-corrected chi connectivity index (χ0v) is 19.4. The van der Waals surface area contributed by atoms with E-state index < -0.39 is 0 Å². The normalized spacial score (nSPS) is 17.4.